The fraction of sp³-hybridized carbons (Fsp3) is 0.818. The maximum absolute atomic E-state index is 7.75. The highest BCUT2D eigenvalue weighted by Crippen LogP contribution is 2.10. The van der Waals surface area contributed by atoms with Crippen molar-refractivity contribution >= 4 is 11.4 Å². The van der Waals surface area contributed by atoms with Gasteiger partial charge in [-0.05, 0) is 25.7 Å². The number of unbranched alkanes of at least 4 members (excludes halogenated alkanes) is 2. The zero-order valence-corrected chi connectivity index (χ0v) is 8.60. The molecule has 1 rings (SSSR count). The van der Waals surface area contributed by atoms with E-state index < -0.39 is 0 Å². The number of hydrogen-bond donors (Lipinski definition) is 1. The fourth-order valence-electron chi connectivity index (χ4n) is 1.67. The second-order valence-electron chi connectivity index (χ2n) is 3.79. The lowest BCUT2D eigenvalue weighted by Crippen LogP contribution is -2.04. The molecular weight excluding hydrogens is 160 g/mol. The van der Waals surface area contributed by atoms with Gasteiger partial charge in [-0.2, -0.15) is 0 Å². The number of nitrogens with zero attached hydrogens (tertiary/aromatic N) is 1. The maximum atomic E-state index is 7.75. The topological polar surface area (TPSA) is 36.2 Å². The summed E-state index contributed by atoms with van der Waals surface area (Å²) in [6, 6.07) is 0. The third kappa shape index (κ3) is 4.20. The van der Waals surface area contributed by atoms with Crippen molar-refractivity contribution in [3.8, 4) is 0 Å². The van der Waals surface area contributed by atoms with Crippen LogP contribution in [0.2, 0.25) is 0 Å². The average Bonchev–Trinajstić information content (AvgIpc) is 2.57. The predicted octanol–water partition coefficient (Wildman–Crippen LogP) is 3.21. The van der Waals surface area contributed by atoms with Gasteiger partial charge < -0.3 is 5.41 Å². The Bertz CT molecular complexity index is 194. The van der Waals surface area contributed by atoms with Crippen LogP contribution in [-0.4, -0.2) is 18.0 Å². The summed E-state index contributed by atoms with van der Waals surface area (Å²) in [5.74, 6) is 0. The molecule has 0 aromatic carbocycles. The number of aliphatic imine (C=N–C) groups is 1. The molecule has 0 fully saturated rings. The highest BCUT2D eigenvalue weighted by atomic mass is 14.8. The number of rotatable bonds is 6. The van der Waals surface area contributed by atoms with Crippen LogP contribution in [0.5, 0.6) is 0 Å². The summed E-state index contributed by atoms with van der Waals surface area (Å²) in [5, 5.41) is 7.75. The van der Waals surface area contributed by atoms with Gasteiger partial charge in [0.05, 0.1) is 0 Å². The molecule has 2 nitrogen and oxygen atoms in total. The van der Waals surface area contributed by atoms with E-state index in [0.717, 1.165) is 31.5 Å². The van der Waals surface area contributed by atoms with E-state index in [4.69, 9.17) is 5.41 Å². The normalized spacial score (nSPS) is 15.9. The summed E-state index contributed by atoms with van der Waals surface area (Å²) >= 11 is 0. The SMILES string of the molecule is CCCCCC(=N)CC1=NCCC1. The fourth-order valence-corrected chi connectivity index (χ4v) is 1.67. The van der Waals surface area contributed by atoms with E-state index in [1.54, 1.807) is 0 Å². The zero-order valence-electron chi connectivity index (χ0n) is 8.60. The molecule has 1 aliphatic rings. The van der Waals surface area contributed by atoms with Gasteiger partial charge in [0.15, 0.2) is 0 Å². The van der Waals surface area contributed by atoms with Crippen LogP contribution in [0.3, 0.4) is 0 Å². The highest BCUT2D eigenvalue weighted by Gasteiger charge is 2.08. The first-order chi connectivity index (χ1) is 6.33. The molecule has 74 valence electrons. The quantitative estimate of drug-likeness (QED) is 0.481. The molecule has 1 aliphatic heterocycles. The van der Waals surface area contributed by atoms with Gasteiger partial charge in [0, 0.05) is 24.4 Å². The maximum Gasteiger partial charge on any atom is 0.0392 e. The van der Waals surface area contributed by atoms with Crippen LogP contribution in [0.15, 0.2) is 4.99 Å². The van der Waals surface area contributed by atoms with Gasteiger partial charge in [0.25, 0.3) is 0 Å². The molecule has 0 radical (unpaired) electrons. The van der Waals surface area contributed by atoms with E-state index in [1.807, 2.05) is 0 Å². The molecule has 1 heterocycles. The Balaban J connectivity index is 2.10. The molecule has 13 heavy (non-hydrogen) atoms. The molecule has 2 heteroatoms. The minimum Gasteiger partial charge on any atom is -0.309 e. The summed E-state index contributed by atoms with van der Waals surface area (Å²) in [7, 11) is 0. The summed E-state index contributed by atoms with van der Waals surface area (Å²) in [4.78, 5) is 4.38. The Morgan fingerprint density at radius 2 is 2.31 bits per heavy atom. The first-order valence-corrected chi connectivity index (χ1v) is 5.41. The van der Waals surface area contributed by atoms with Crippen LogP contribution in [-0.2, 0) is 0 Å². The van der Waals surface area contributed by atoms with Crippen molar-refractivity contribution in [2.24, 2.45) is 4.99 Å². The molecule has 0 spiro atoms. The first kappa shape index (κ1) is 10.4. The van der Waals surface area contributed by atoms with Crippen molar-refractivity contribution in [3.63, 3.8) is 0 Å². The minimum atomic E-state index is 0.851. The van der Waals surface area contributed by atoms with Crippen LogP contribution in [0.4, 0.5) is 0 Å². The average molecular weight is 180 g/mol. The second-order valence-corrected chi connectivity index (χ2v) is 3.79. The standard InChI is InChI=1S/C11H20N2/c1-2-3-4-6-10(12)9-11-7-5-8-13-11/h12H,2-9H2,1H3. The van der Waals surface area contributed by atoms with Crippen molar-refractivity contribution in [2.45, 2.75) is 51.9 Å². The van der Waals surface area contributed by atoms with Crippen molar-refractivity contribution in [3.05, 3.63) is 0 Å². The first-order valence-electron chi connectivity index (χ1n) is 5.41. The number of nitrogens with one attached hydrogen (secondary N) is 1. The summed E-state index contributed by atoms with van der Waals surface area (Å²) in [6.07, 6.45) is 7.86. The third-order valence-electron chi connectivity index (χ3n) is 2.46. The molecule has 0 saturated heterocycles. The third-order valence-corrected chi connectivity index (χ3v) is 2.46. The van der Waals surface area contributed by atoms with Gasteiger partial charge in [-0.3, -0.25) is 4.99 Å². The minimum absolute atomic E-state index is 0.851. The van der Waals surface area contributed by atoms with Gasteiger partial charge in [-0.15, -0.1) is 0 Å². The van der Waals surface area contributed by atoms with Gasteiger partial charge in [-0.1, -0.05) is 19.8 Å². The van der Waals surface area contributed by atoms with Gasteiger partial charge in [0.1, 0.15) is 0 Å². The van der Waals surface area contributed by atoms with Crippen LogP contribution >= 0.6 is 0 Å². The Morgan fingerprint density at radius 3 is 2.92 bits per heavy atom. The van der Waals surface area contributed by atoms with E-state index in [-0.39, 0.29) is 0 Å². The van der Waals surface area contributed by atoms with E-state index in [9.17, 15) is 0 Å². The zero-order chi connectivity index (χ0) is 9.52. The van der Waals surface area contributed by atoms with Crippen molar-refractivity contribution < 1.29 is 0 Å². The highest BCUT2D eigenvalue weighted by molar-refractivity contribution is 6.03. The molecule has 0 saturated carbocycles. The van der Waals surface area contributed by atoms with Crippen LogP contribution < -0.4 is 0 Å². The number of hydrogen-bond acceptors (Lipinski definition) is 2. The van der Waals surface area contributed by atoms with Crippen molar-refractivity contribution in [1.29, 1.82) is 5.41 Å². The largest absolute Gasteiger partial charge is 0.309 e. The van der Waals surface area contributed by atoms with Crippen molar-refractivity contribution in [2.75, 3.05) is 6.54 Å². The lowest BCUT2D eigenvalue weighted by Gasteiger charge is -2.02. The summed E-state index contributed by atoms with van der Waals surface area (Å²) in [6.45, 7) is 3.20. The monoisotopic (exact) mass is 180 g/mol. The molecule has 0 amide bonds. The van der Waals surface area contributed by atoms with Crippen molar-refractivity contribution in [1.82, 2.24) is 0 Å². The molecule has 0 atom stereocenters. The molecule has 0 aromatic rings. The predicted molar refractivity (Wildman–Crippen MR) is 58.0 cm³/mol. The Kier molecular flexibility index (Phi) is 4.73. The smallest absolute Gasteiger partial charge is 0.0392 e. The Hall–Kier alpha value is -0.660. The van der Waals surface area contributed by atoms with Crippen LogP contribution in [0, 0.1) is 5.41 Å². The van der Waals surface area contributed by atoms with E-state index in [1.165, 1.54) is 31.4 Å². The molecule has 0 aromatic heterocycles. The Labute approximate surface area is 81.0 Å². The summed E-state index contributed by atoms with van der Waals surface area (Å²) < 4.78 is 0. The van der Waals surface area contributed by atoms with E-state index in [2.05, 4.69) is 11.9 Å². The molecule has 0 bridgehead atoms. The van der Waals surface area contributed by atoms with Gasteiger partial charge in [-0.25, -0.2) is 0 Å². The van der Waals surface area contributed by atoms with Gasteiger partial charge in [0.2, 0.25) is 0 Å². The lowest BCUT2D eigenvalue weighted by molar-refractivity contribution is 0.738. The molecule has 0 aliphatic carbocycles. The molecule has 0 unspecified atom stereocenters. The molecular formula is C11H20N2. The van der Waals surface area contributed by atoms with E-state index >= 15 is 0 Å². The van der Waals surface area contributed by atoms with Crippen LogP contribution in [0.25, 0.3) is 0 Å². The second kappa shape index (κ2) is 5.90. The van der Waals surface area contributed by atoms with Crippen LogP contribution in [0.1, 0.15) is 51.9 Å². The lowest BCUT2D eigenvalue weighted by atomic mass is 10.0. The van der Waals surface area contributed by atoms with Gasteiger partial charge >= 0.3 is 0 Å². The summed E-state index contributed by atoms with van der Waals surface area (Å²) in [5.41, 5.74) is 2.15. The Morgan fingerprint density at radius 1 is 1.46 bits per heavy atom. The van der Waals surface area contributed by atoms with E-state index in [0.29, 0.717) is 0 Å². The molecule has 1 N–H and O–H groups in total.